The lowest BCUT2D eigenvalue weighted by Crippen LogP contribution is -2.30. The molecule has 0 N–H and O–H groups in total. The second-order valence-electron chi connectivity index (χ2n) is 3.14. The Balaban J connectivity index is 3.54. The molecule has 14 heavy (non-hydrogen) atoms. The van der Waals surface area contributed by atoms with E-state index >= 15 is 0 Å². The average molecular weight is 203 g/mol. The van der Waals surface area contributed by atoms with Crippen molar-refractivity contribution in [1.29, 1.82) is 0 Å². The second kappa shape index (κ2) is 10.6. The van der Waals surface area contributed by atoms with Crippen molar-refractivity contribution in [3.05, 3.63) is 0 Å². The predicted molar refractivity (Wildman–Crippen MR) is 55.5 cm³/mol. The molecule has 0 heterocycles. The van der Waals surface area contributed by atoms with E-state index in [1.165, 1.54) is 0 Å². The van der Waals surface area contributed by atoms with Gasteiger partial charge in [-0.15, -0.1) is 0 Å². The Morgan fingerprint density at radius 3 is 2.36 bits per heavy atom. The van der Waals surface area contributed by atoms with E-state index in [1.807, 2.05) is 0 Å². The Morgan fingerprint density at radius 1 is 1.07 bits per heavy atom. The maximum Gasteiger partial charge on any atom is 0.121 e. The molecule has 0 aliphatic rings. The third-order valence-electron chi connectivity index (χ3n) is 2.00. The first-order valence-corrected chi connectivity index (χ1v) is 4.99. The largest absolute Gasteiger partial charge is 0.385 e. The van der Waals surface area contributed by atoms with Gasteiger partial charge in [-0.2, -0.15) is 0 Å². The summed E-state index contributed by atoms with van der Waals surface area (Å²) in [6.45, 7) is 4.14. The minimum absolute atomic E-state index is 0.594. The quantitative estimate of drug-likeness (QED) is 0.384. The molecule has 0 fully saturated rings. The smallest absolute Gasteiger partial charge is 0.121 e. The Kier molecular flexibility index (Phi) is 10.3. The number of hydrogen-bond donors (Lipinski definition) is 0. The Morgan fingerprint density at radius 2 is 1.79 bits per heavy atom. The molecule has 0 atom stereocenters. The topological polar surface area (TPSA) is 38.8 Å². The van der Waals surface area contributed by atoms with Crippen LogP contribution in [0.25, 0.3) is 0 Å². The molecule has 0 unspecified atom stereocenters. The average Bonchev–Trinajstić information content (AvgIpc) is 2.21. The van der Waals surface area contributed by atoms with Crippen molar-refractivity contribution in [2.75, 3.05) is 47.1 Å². The maximum atomic E-state index is 10.2. The fourth-order valence-corrected chi connectivity index (χ4v) is 1.22. The van der Waals surface area contributed by atoms with Crippen LogP contribution in [0, 0.1) is 0 Å². The van der Waals surface area contributed by atoms with Crippen LogP contribution < -0.4 is 0 Å². The van der Waals surface area contributed by atoms with Crippen molar-refractivity contribution in [2.24, 2.45) is 0 Å². The molecule has 0 aliphatic heterocycles. The van der Waals surface area contributed by atoms with Crippen molar-refractivity contribution in [3.63, 3.8) is 0 Å². The Hall–Kier alpha value is -0.450. The van der Waals surface area contributed by atoms with Gasteiger partial charge in [0.25, 0.3) is 0 Å². The van der Waals surface area contributed by atoms with E-state index in [9.17, 15) is 4.79 Å². The van der Waals surface area contributed by atoms with Crippen LogP contribution in [0.1, 0.15) is 12.8 Å². The zero-order valence-electron chi connectivity index (χ0n) is 9.20. The number of ether oxygens (including phenoxy) is 2. The molecule has 0 aromatic heterocycles. The molecule has 0 aromatic carbocycles. The van der Waals surface area contributed by atoms with Crippen LogP contribution in [-0.4, -0.2) is 58.3 Å². The highest BCUT2D eigenvalue weighted by Crippen LogP contribution is 1.94. The summed E-state index contributed by atoms with van der Waals surface area (Å²) < 4.78 is 9.97. The van der Waals surface area contributed by atoms with Crippen LogP contribution >= 0.6 is 0 Å². The highest BCUT2D eigenvalue weighted by Gasteiger charge is 2.03. The van der Waals surface area contributed by atoms with Gasteiger partial charge in [0.15, 0.2) is 0 Å². The van der Waals surface area contributed by atoms with E-state index in [0.29, 0.717) is 13.0 Å². The number of aldehydes is 1. The van der Waals surface area contributed by atoms with Gasteiger partial charge in [0, 0.05) is 46.9 Å². The van der Waals surface area contributed by atoms with Gasteiger partial charge < -0.3 is 19.2 Å². The fraction of sp³-hybridized carbons (Fsp3) is 0.900. The van der Waals surface area contributed by atoms with Gasteiger partial charge in [-0.05, 0) is 6.42 Å². The molecule has 4 nitrogen and oxygen atoms in total. The van der Waals surface area contributed by atoms with E-state index in [-0.39, 0.29) is 0 Å². The molecule has 0 radical (unpaired) electrons. The zero-order chi connectivity index (χ0) is 10.6. The standard InChI is InChI=1S/C10H21NO3/c1-13-9-4-6-11(5-3-8-12)7-10-14-2/h8H,3-7,9-10H2,1-2H3. The van der Waals surface area contributed by atoms with Gasteiger partial charge >= 0.3 is 0 Å². The number of rotatable bonds is 10. The lowest BCUT2D eigenvalue weighted by Gasteiger charge is -2.20. The van der Waals surface area contributed by atoms with Crippen LogP contribution in [0.15, 0.2) is 0 Å². The van der Waals surface area contributed by atoms with Crippen molar-refractivity contribution >= 4 is 6.29 Å². The van der Waals surface area contributed by atoms with Gasteiger partial charge in [-0.25, -0.2) is 0 Å². The lowest BCUT2D eigenvalue weighted by molar-refractivity contribution is -0.108. The van der Waals surface area contributed by atoms with Crippen molar-refractivity contribution in [2.45, 2.75) is 12.8 Å². The normalized spacial score (nSPS) is 10.8. The Bertz CT molecular complexity index is 131. The molecular formula is C10H21NO3. The first-order valence-electron chi connectivity index (χ1n) is 4.99. The van der Waals surface area contributed by atoms with E-state index < -0.39 is 0 Å². The highest BCUT2D eigenvalue weighted by atomic mass is 16.5. The van der Waals surface area contributed by atoms with Crippen LogP contribution in [0.2, 0.25) is 0 Å². The van der Waals surface area contributed by atoms with E-state index in [1.54, 1.807) is 14.2 Å². The van der Waals surface area contributed by atoms with Crippen molar-refractivity contribution < 1.29 is 14.3 Å². The summed E-state index contributed by atoms with van der Waals surface area (Å²) in [7, 11) is 3.39. The van der Waals surface area contributed by atoms with Crippen LogP contribution in [-0.2, 0) is 14.3 Å². The van der Waals surface area contributed by atoms with Crippen LogP contribution in [0.4, 0.5) is 0 Å². The van der Waals surface area contributed by atoms with Crippen LogP contribution in [0.5, 0.6) is 0 Å². The summed E-state index contributed by atoms with van der Waals surface area (Å²) in [6, 6.07) is 0. The first-order chi connectivity index (χ1) is 6.85. The SMILES string of the molecule is COCCCN(CCC=O)CCOC. The van der Waals surface area contributed by atoms with E-state index in [4.69, 9.17) is 9.47 Å². The predicted octanol–water partition coefficient (Wildman–Crippen LogP) is 0.560. The number of carbonyl (C=O) groups is 1. The highest BCUT2D eigenvalue weighted by molar-refractivity contribution is 5.49. The lowest BCUT2D eigenvalue weighted by atomic mass is 10.3. The van der Waals surface area contributed by atoms with E-state index in [0.717, 1.165) is 38.9 Å². The van der Waals surface area contributed by atoms with Gasteiger partial charge in [-0.1, -0.05) is 0 Å². The summed E-state index contributed by atoms with van der Waals surface area (Å²) in [5.41, 5.74) is 0. The molecule has 84 valence electrons. The minimum atomic E-state index is 0.594. The summed E-state index contributed by atoms with van der Waals surface area (Å²) in [5.74, 6) is 0. The van der Waals surface area contributed by atoms with Gasteiger partial charge in [0.05, 0.1) is 6.61 Å². The molecule has 0 saturated heterocycles. The summed E-state index contributed by atoms with van der Waals surface area (Å²) >= 11 is 0. The fourth-order valence-electron chi connectivity index (χ4n) is 1.22. The summed E-state index contributed by atoms with van der Waals surface area (Å²) in [5, 5.41) is 0. The van der Waals surface area contributed by atoms with Gasteiger partial charge in [0.1, 0.15) is 6.29 Å². The zero-order valence-corrected chi connectivity index (χ0v) is 9.20. The molecule has 0 saturated carbocycles. The number of methoxy groups -OCH3 is 2. The van der Waals surface area contributed by atoms with Gasteiger partial charge in [-0.3, -0.25) is 0 Å². The third-order valence-corrected chi connectivity index (χ3v) is 2.00. The second-order valence-corrected chi connectivity index (χ2v) is 3.14. The molecule has 4 heteroatoms. The number of hydrogen-bond acceptors (Lipinski definition) is 4. The molecular weight excluding hydrogens is 182 g/mol. The number of carbonyl (C=O) groups excluding carboxylic acids is 1. The summed E-state index contributed by atoms with van der Waals surface area (Å²) in [4.78, 5) is 12.4. The van der Waals surface area contributed by atoms with Crippen LogP contribution in [0.3, 0.4) is 0 Å². The first kappa shape index (κ1) is 13.5. The summed E-state index contributed by atoms with van der Waals surface area (Å²) in [6.07, 6.45) is 2.55. The van der Waals surface area contributed by atoms with Crippen molar-refractivity contribution in [3.8, 4) is 0 Å². The molecule has 0 aromatic rings. The third kappa shape index (κ3) is 8.16. The monoisotopic (exact) mass is 203 g/mol. The molecule has 0 bridgehead atoms. The van der Waals surface area contributed by atoms with E-state index in [2.05, 4.69) is 4.90 Å². The molecule has 0 amide bonds. The Labute approximate surface area is 86.2 Å². The number of nitrogens with zero attached hydrogens (tertiary/aromatic N) is 1. The van der Waals surface area contributed by atoms with Crippen molar-refractivity contribution in [1.82, 2.24) is 4.90 Å². The minimum Gasteiger partial charge on any atom is -0.385 e. The van der Waals surface area contributed by atoms with Gasteiger partial charge in [0.2, 0.25) is 0 Å². The maximum absolute atomic E-state index is 10.2. The molecule has 0 rings (SSSR count). The molecule has 0 spiro atoms. The molecule has 0 aliphatic carbocycles.